The van der Waals surface area contributed by atoms with Gasteiger partial charge in [0.05, 0.1) is 10.6 Å². The summed E-state index contributed by atoms with van der Waals surface area (Å²) in [6.45, 7) is 2.08. The number of anilines is 1. The lowest BCUT2D eigenvalue weighted by molar-refractivity contribution is 0.0995. The van der Waals surface area contributed by atoms with Gasteiger partial charge in [0.25, 0.3) is 11.8 Å². The number of aromatic nitrogens is 3. The Morgan fingerprint density at radius 1 is 1.31 bits per heavy atom. The Kier molecular flexibility index (Phi) is 5.18. The molecule has 26 heavy (non-hydrogen) atoms. The second-order valence-corrected chi connectivity index (χ2v) is 6.23. The zero-order chi connectivity index (χ0) is 18.7. The summed E-state index contributed by atoms with van der Waals surface area (Å²) >= 11 is 6.10. The second kappa shape index (κ2) is 7.53. The maximum absolute atomic E-state index is 12.6. The van der Waals surface area contributed by atoms with E-state index in [0.29, 0.717) is 28.5 Å². The Hall–Kier alpha value is -2.93. The SMILES string of the molecule is CCCCc1cc(NC(=O)c2ccccc2Cl)n2cnc(C(N)=O)c2n1. The molecule has 0 fully saturated rings. The van der Waals surface area contributed by atoms with Crippen molar-refractivity contribution >= 4 is 34.9 Å². The van der Waals surface area contributed by atoms with Gasteiger partial charge < -0.3 is 11.1 Å². The molecular formula is C18H18ClN5O2. The van der Waals surface area contributed by atoms with Crippen LogP contribution in [-0.2, 0) is 6.42 Å². The van der Waals surface area contributed by atoms with Gasteiger partial charge in [0.2, 0.25) is 0 Å². The van der Waals surface area contributed by atoms with Gasteiger partial charge >= 0.3 is 0 Å². The molecule has 2 amide bonds. The summed E-state index contributed by atoms with van der Waals surface area (Å²) in [4.78, 5) is 32.7. The van der Waals surface area contributed by atoms with Gasteiger partial charge in [-0.05, 0) is 25.0 Å². The van der Waals surface area contributed by atoms with Gasteiger partial charge in [0.15, 0.2) is 11.3 Å². The van der Waals surface area contributed by atoms with E-state index in [4.69, 9.17) is 17.3 Å². The number of hydrogen-bond donors (Lipinski definition) is 2. The maximum Gasteiger partial charge on any atom is 0.271 e. The monoisotopic (exact) mass is 371 g/mol. The summed E-state index contributed by atoms with van der Waals surface area (Å²) < 4.78 is 1.53. The minimum atomic E-state index is -0.670. The van der Waals surface area contributed by atoms with E-state index in [2.05, 4.69) is 22.2 Å². The molecular weight excluding hydrogens is 354 g/mol. The van der Waals surface area contributed by atoms with Crippen molar-refractivity contribution in [2.24, 2.45) is 5.73 Å². The molecule has 0 unspecified atom stereocenters. The molecule has 0 bridgehead atoms. The Balaban J connectivity index is 2.04. The number of benzene rings is 1. The van der Waals surface area contributed by atoms with Gasteiger partial charge in [-0.15, -0.1) is 0 Å². The number of fused-ring (bicyclic) bond motifs is 1. The number of aryl methyl sites for hydroxylation is 1. The number of carbonyl (C=O) groups excluding carboxylic acids is 2. The van der Waals surface area contributed by atoms with Crippen LogP contribution in [0, 0.1) is 0 Å². The Morgan fingerprint density at radius 2 is 2.08 bits per heavy atom. The van der Waals surface area contributed by atoms with Crippen LogP contribution in [0.4, 0.5) is 5.82 Å². The number of unbranched alkanes of at least 4 members (excludes halogenated alkanes) is 1. The number of amides is 2. The fraction of sp³-hybridized carbons (Fsp3) is 0.222. The number of nitrogens with one attached hydrogen (secondary N) is 1. The highest BCUT2D eigenvalue weighted by Gasteiger charge is 2.17. The highest BCUT2D eigenvalue weighted by Crippen LogP contribution is 2.20. The fourth-order valence-electron chi connectivity index (χ4n) is 2.61. The predicted molar refractivity (Wildman–Crippen MR) is 99.5 cm³/mol. The Bertz CT molecular complexity index is 983. The van der Waals surface area contributed by atoms with Crippen molar-refractivity contribution in [3.05, 3.63) is 58.6 Å². The van der Waals surface area contributed by atoms with E-state index in [1.54, 1.807) is 30.3 Å². The zero-order valence-corrected chi connectivity index (χ0v) is 15.0. The van der Waals surface area contributed by atoms with Gasteiger partial charge in [-0.3, -0.25) is 14.0 Å². The zero-order valence-electron chi connectivity index (χ0n) is 14.2. The molecule has 8 heteroatoms. The molecule has 3 rings (SSSR count). The van der Waals surface area contributed by atoms with Gasteiger partial charge in [0.1, 0.15) is 12.1 Å². The lowest BCUT2D eigenvalue weighted by Gasteiger charge is -2.11. The number of hydrogen-bond acceptors (Lipinski definition) is 4. The van der Waals surface area contributed by atoms with Crippen LogP contribution in [0.1, 0.15) is 46.3 Å². The van der Waals surface area contributed by atoms with Gasteiger partial charge in [-0.2, -0.15) is 0 Å². The minimum Gasteiger partial charge on any atom is -0.364 e. The summed E-state index contributed by atoms with van der Waals surface area (Å²) in [7, 11) is 0. The number of nitrogens with two attached hydrogens (primary N) is 1. The molecule has 0 aliphatic carbocycles. The van der Waals surface area contributed by atoms with Crippen LogP contribution in [0.15, 0.2) is 36.7 Å². The smallest absolute Gasteiger partial charge is 0.271 e. The normalized spacial score (nSPS) is 10.8. The van der Waals surface area contributed by atoms with E-state index < -0.39 is 5.91 Å². The van der Waals surface area contributed by atoms with Crippen molar-refractivity contribution in [3.63, 3.8) is 0 Å². The van der Waals surface area contributed by atoms with E-state index in [1.807, 2.05) is 0 Å². The summed E-state index contributed by atoms with van der Waals surface area (Å²) in [6, 6.07) is 8.54. The van der Waals surface area contributed by atoms with Crippen molar-refractivity contribution in [1.82, 2.24) is 14.4 Å². The summed E-state index contributed by atoms with van der Waals surface area (Å²) in [5, 5.41) is 3.17. The van der Waals surface area contributed by atoms with Crippen molar-refractivity contribution in [3.8, 4) is 0 Å². The Labute approximate surface area is 155 Å². The molecule has 7 nitrogen and oxygen atoms in total. The third kappa shape index (κ3) is 3.52. The van der Waals surface area contributed by atoms with E-state index >= 15 is 0 Å². The summed E-state index contributed by atoms with van der Waals surface area (Å²) in [6.07, 6.45) is 4.05. The molecule has 2 aromatic heterocycles. The number of carbonyl (C=O) groups is 2. The van der Waals surface area contributed by atoms with Crippen molar-refractivity contribution in [2.45, 2.75) is 26.2 Å². The third-order valence-corrected chi connectivity index (χ3v) is 4.26. The fourth-order valence-corrected chi connectivity index (χ4v) is 2.83. The van der Waals surface area contributed by atoms with Crippen molar-refractivity contribution in [2.75, 3.05) is 5.32 Å². The molecule has 0 radical (unpaired) electrons. The van der Waals surface area contributed by atoms with Crippen molar-refractivity contribution in [1.29, 1.82) is 0 Å². The number of primary amides is 1. The van der Waals surface area contributed by atoms with E-state index in [-0.39, 0.29) is 11.6 Å². The molecule has 0 aliphatic rings. The summed E-state index contributed by atoms with van der Waals surface area (Å²) in [5.41, 5.74) is 6.86. The van der Waals surface area contributed by atoms with Crippen LogP contribution < -0.4 is 11.1 Å². The van der Waals surface area contributed by atoms with E-state index in [1.165, 1.54) is 10.7 Å². The van der Waals surface area contributed by atoms with Crippen LogP contribution in [0.5, 0.6) is 0 Å². The summed E-state index contributed by atoms with van der Waals surface area (Å²) in [5.74, 6) is -0.582. The molecule has 134 valence electrons. The van der Waals surface area contributed by atoms with E-state index in [9.17, 15) is 9.59 Å². The average Bonchev–Trinajstić information content (AvgIpc) is 3.04. The van der Waals surface area contributed by atoms with Gasteiger partial charge in [0, 0.05) is 11.8 Å². The highest BCUT2D eigenvalue weighted by atomic mass is 35.5. The first-order valence-corrected chi connectivity index (χ1v) is 8.61. The predicted octanol–water partition coefficient (Wildman–Crippen LogP) is 3.08. The lowest BCUT2D eigenvalue weighted by Crippen LogP contribution is -2.16. The van der Waals surface area contributed by atoms with Crippen LogP contribution in [0.2, 0.25) is 5.02 Å². The molecule has 2 heterocycles. The molecule has 1 aromatic carbocycles. The van der Waals surface area contributed by atoms with E-state index in [0.717, 1.165) is 18.5 Å². The first-order chi connectivity index (χ1) is 12.5. The molecule has 3 aromatic rings. The number of imidazole rings is 1. The van der Waals surface area contributed by atoms with Crippen LogP contribution in [-0.4, -0.2) is 26.2 Å². The number of halogens is 1. The number of nitrogens with zero attached hydrogens (tertiary/aromatic N) is 3. The van der Waals surface area contributed by atoms with Gasteiger partial charge in [-0.25, -0.2) is 9.97 Å². The molecule has 0 saturated heterocycles. The standard InChI is InChI=1S/C18H18ClN5O2/c1-2-3-6-11-9-14(23-18(26)12-7-4-5-8-13(12)19)24-10-21-15(16(20)25)17(24)22-11/h4-5,7-10H,2-3,6H2,1H3,(H2,20,25)(H,23,26). The van der Waals surface area contributed by atoms with Crippen molar-refractivity contribution < 1.29 is 9.59 Å². The maximum atomic E-state index is 12.6. The molecule has 0 aliphatic heterocycles. The lowest BCUT2D eigenvalue weighted by atomic mass is 10.2. The average molecular weight is 372 g/mol. The first-order valence-electron chi connectivity index (χ1n) is 8.24. The third-order valence-electron chi connectivity index (χ3n) is 3.93. The first kappa shape index (κ1) is 17.9. The number of rotatable bonds is 6. The van der Waals surface area contributed by atoms with Crippen LogP contribution in [0.25, 0.3) is 5.65 Å². The van der Waals surface area contributed by atoms with Crippen LogP contribution >= 0.6 is 11.6 Å². The van der Waals surface area contributed by atoms with Gasteiger partial charge in [-0.1, -0.05) is 37.1 Å². The topological polar surface area (TPSA) is 102 Å². The molecule has 0 saturated carbocycles. The largest absolute Gasteiger partial charge is 0.364 e. The molecule has 3 N–H and O–H groups in total. The minimum absolute atomic E-state index is 0.0663. The molecule has 0 spiro atoms. The quantitative estimate of drug-likeness (QED) is 0.695. The van der Waals surface area contributed by atoms with Crippen LogP contribution in [0.3, 0.4) is 0 Å². The second-order valence-electron chi connectivity index (χ2n) is 5.82. The highest BCUT2D eigenvalue weighted by molar-refractivity contribution is 6.34. The Morgan fingerprint density at radius 3 is 2.77 bits per heavy atom. The molecule has 0 atom stereocenters.